The highest BCUT2D eigenvalue weighted by Crippen LogP contribution is 2.20. The van der Waals surface area contributed by atoms with Crippen molar-refractivity contribution >= 4 is 40.1 Å². The predicted molar refractivity (Wildman–Crippen MR) is 95.4 cm³/mol. The van der Waals surface area contributed by atoms with Crippen LogP contribution in [0.15, 0.2) is 53.1 Å². The zero-order valence-corrected chi connectivity index (χ0v) is 14.3. The molecule has 1 N–H and O–H groups in total. The number of halogens is 1. The maximum absolute atomic E-state index is 12.3. The lowest BCUT2D eigenvalue weighted by atomic mass is 10.1. The SMILES string of the molecule is CN(CC(=O)Nc1ccccc1Cl)C(=O)Cc1noc2ccccc12. The molecule has 128 valence electrons. The fourth-order valence-corrected chi connectivity index (χ4v) is 2.58. The van der Waals surface area contributed by atoms with Crippen molar-refractivity contribution in [2.45, 2.75) is 6.42 Å². The topological polar surface area (TPSA) is 75.4 Å². The fraction of sp³-hybridized carbons (Fsp3) is 0.167. The Morgan fingerprint density at radius 1 is 1.16 bits per heavy atom. The Kier molecular flexibility index (Phi) is 5.00. The molecule has 3 rings (SSSR count). The maximum Gasteiger partial charge on any atom is 0.244 e. The van der Waals surface area contributed by atoms with Crippen LogP contribution >= 0.6 is 11.6 Å². The summed E-state index contributed by atoms with van der Waals surface area (Å²) in [5.41, 5.74) is 1.70. The molecular weight excluding hydrogens is 342 g/mol. The Hall–Kier alpha value is -2.86. The molecule has 25 heavy (non-hydrogen) atoms. The van der Waals surface area contributed by atoms with Crippen molar-refractivity contribution in [3.05, 3.63) is 59.2 Å². The molecule has 0 saturated carbocycles. The van der Waals surface area contributed by atoms with Gasteiger partial charge in [-0.1, -0.05) is 41.0 Å². The van der Waals surface area contributed by atoms with Crippen LogP contribution in [0, 0.1) is 0 Å². The van der Waals surface area contributed by atoms with Gasteiger partial charge in [0.15, 0.2) is 5.58 Å². The number of carbonyl (C=O) groups excluding carboxylic acids is 2. The van der Waals surface area contributed by atoms with Gasteiger partial charge in [0.05, 0.1) is 23.7 Å². The molecule has 1 heterocycles. The van der Waals surface area contributed by atoms with E-state index in [4.69, 9.17) is 16.1 Å². The van der Waals surface area contributed by atoms with Crippen LogP contribution in [0.4, 0.5) is 5.69 Å². The molecule has 0 bridgehead atoms. The van der Waals surface area contributed by atoms with Crippen LogP contribution in [0.25, 0.3) is 11.0 Å². The molecular formula is C18H16ClN3O3. The quantitative estimate of drug-likeness (QED) is 0.761. The molecule has 0 aliphatic carbocycles. The molecule has 0 unspecified atom stereocenters. The first-order chi connectivity index (χ1) is 12.0. The molecule has 0 aliphatic rings. The molecule has 6 nitrogen and oxygen atoms in total. The Bertz CT molecular complexity index is 923. The molecule has 3 aromatic rings. The highest BCUT2D eigenvalue weighted by atomic mass is 35.5. The van der Waals surface area contributed by atoms with Crippen molar-refractivity contribution in [2.24, 2.45) is 0 Å². The number of likely N-dealkylation sites (N-methyl/N-ethyl adjacent to an activating group) is 1. The highest BCUT2D eigenvalue weighted by molar-refractivity contribution is 6.33. The fourth-order valence-electron chi connectivity index (χ4n) is 2.40. The predicted octanol–water partition coefficient (Wildman–Crippen LogP) is 3.12. The van der Waals surface area contributed by atoms with E-state index in [0.717, 1.165) is 5.39 Å². The molecule has 0 radical (unpaired) electrons. The molecule has 1 aromatic heterocycles. The zero-order chi connectivity index (χ0) is 17.8. The molecule has 2 amide bonds. The van der Waals surface area contributed by atoms with E-state index in [1.54, 1.807) is 37.4 Å². The van der Waals surface area contributed by atoms with Crippen LogP contribution in [0.3, 0.4) is 0 Å². The summed E-state index contributed by atoms with van der Waals surface area (Å²) < 4.78 is 5.19. The molecule has 2 aromatic carbocycles. The third-order valence-corrected chi connectivity index (χ3v) is 4.05. The van der Waals surface area contributed by atoms with Crippen molar-refractivity contribution in [1.82, 2.24) is 10.1 Å². The minimum absolute atomic E-state index is 0.0624. The number of hydrogen-bond donors (Lipinski definition) is 1. The van der Waals surface area contributed by atoms with Crippen molar-refractivity contribution in [2.75, 3.05) is 18.9 Å². The maximum atomic E-state index is 12.3. The van der Waals surface area contributed by atoms with E-state index in [1.165, 1.54) is 4.90 Å². The molecule has 0 saturated heterocycles. The largest absolute Gasteiger partial charge is 0.356 e. The number of hydrogen-bond acceptors (Lipinski definition) is 4. The average Bonchev–Trinajstić information content (AvgIpc) is 3.00. The van der Waals surface area contributed by atoms with Gasteiger partial charge < -0.3 is 14.7 Å². The van der Waals surface area contributed by atoms with Crippen LogP contribution in [0.2, 0.25) is 5.02 Å². The van der Waals surface area contributed by atoms with Gasteiger partial charge in [-0.2, -0.15) is 0 Å². The van der Waals surface area contributed by atoms with E-state index in [0.29, 0.717) is 22.0 Å². The second kappa shape index (κ2) is 7.36. The number of aromatic nitrogens is 1. The summed E-state index contributed by atoms with van der Waals surface area (Å²) in [5.74, 6) is -0.553. The van der Waals surface area contributed by atoms with Crippen LogP contribution < -0.4 is 5.32 Å². The van der Waals surface area contributed by atoms with E-state index in [9.17, 15) is 9.59 Å². The van der Waals surface area contributed by atoms with Crippen molar-refractivity contribution in [1.29, 1.82) is 0 Å². The molecule has 0 fully saturated rings. The standard InChI is InChI=1S/C18H16ClN3O3/c1-22(11-17(23)20-14-8-4-3-7-13(14)19)18(24)10-15-12-6-2-5-9-16(12)25-21-15/h2-9H,10-11H2,1H3,(H,20,23). The number of para-hydroxylation sites is 2. The van der Waals surface area contributed by atoms with Gasteiger partial charge >= 0.3 is 0 Å². The van der Waals surface area contributed by atoms with E-state index >= 15 is 0 Å². The summed E-state index contributed by atoms with van der Waals surface area (Å²) >= 11 is 6.00. The average molecular weight is 358 g/mol. The lowest BCUT2D eigenvalue weighted by Crippen LogP contribution is -2.35. The second-order valence-corrected chi connectivity index (χ2v) is 5.99. The number of nitrogens with one attached hydrogen (secondary N) is 1. The molecule has 0 atom stereocenters. The first-order valence-corrected chi connectivity index (χ1v) is 8.04. The van der Waals surface area contributed by atoms with Gasteiger partial charge in [-0.3, -0.25) is 9.59 Å². The number of carbonyl (C=O) groups is 2. The summed E-state index contributed by atoms with van der Waals surface area (Å²) in [6.07, 6.45) is 0.0624. The van der Waals surface area contributed by atoms with Crippen LogP contribution in [-0.2, 0) is 16.0 Å². The lowest BCUT2D eigenvalue weighted by Gasteiger charge is -2.16. The van der Waals surface area contributed by atoms with Crippen LogP contribution in [0.5, 0.6) is 0 Å². The second-order valence-electron chi connectivity index (χ2n) is 5.58. The van der Waals surface area contributed by atoms with Gasteiger partial charge in [-0.05, 0) is 24.3 Å². The van der Waals surface area contributed by atoms with Gasteiger partial charge in [0.1, 0.15) is 5.69 Å². The van der Waals surface area contributed by atoms with Gasteiger partial charge in [0, 0.05) is 12.4 Å². The summed E-state index contributed by atoms with van der Waals surface area (Å²) in [6.45, 7) is -0.0835. The number of nitrogens with zero attached hydrogens (tertiary/aromatic N) is 2. The van der Waals surface area contributed by atoms with E-state index in [-0.39, 0.29) is 24.8 Å². The van der Waals surface area contributed by atoms with Crippen LogP contribution in [0.1, 0.15) is 5.69 Å². The smallest absolute Gasteiger partial charge is 0.244 e. The zero-order valence-electron chi connectivity index (χ0n) is 13.5. The number of fused-ring (bicyclic) bond motifs is 1. The third kappa shape index (κ3) is 3.97. The Morgan fingerprint density at radius 3 is 2.68 bits per heavy atom. The number of anilines is 1. The van der Waals surface area contributed by atoms with E-state index in [2.05, 4.69) is 10.5 Å². The summed E-state index contributed by atoms with van der Waals surface area (Å²) in [4.78, 5) is 25.8. The highest BCUT2D eigenvalue weighted by Gasteiger charge is 2.17. The monoisotopic (exact) mass is 357 g/mol. The molecule has 7 heteroatoms. The van der Waals surface area contributed by atoms with Crippen molar-refractivity contribution < 1.29 is 14.1 Å². The Balaban J connectivity index is 1.61. The summed E-state index contributed by atoms with van der Waals surface area (Å²) in [7, 11) is 1.57. The van der Waals surface area contributed by atoms with E-state index < -0.39 is 0 Å². The molecule has 0 aliphatic heterocycles. The minimum Gasteiger partial charge on any atom is -0.356 e. The van der Waals surface area contributed by atoms with Crippen molar-refractivity contribution in [3.63, 3.8) is 0 Å². The summed E-state index contributed by atoms with van der Waals surface area (Å²) in [6, 6.07) is 14.3. The number of benzene rings is 2. The number of rotatable bonds is 5. The van der Waals surface area contributed by atoms with Gasteiger partial charge in [-0.25, -0.2) is 0 Å². The third-order valence-electron chi connectivity index (χ3n) is 3.73. The molecule has 0 spiro atoms. The minimum atomic E-state index is -0.325. The van der Waals surface area contributed by atoms with Gasteiger partial charge in [-0.15, -0.1) is 0 Å². The Labute approximate surface area is 149 Å². The van der Waals surface area contributed by atoms with Crippen LogP contribution in [-0.4, -0.2) is 35.5 Å². The van der Waals surface area contributed by atoms with Gasteiger partial charge in [0.25, 0.3) is 0 Å². The summed E-state index contributed by atoms with van der Waals surface area (Å²) in [5, 5.41) is 7.86. The normalized spacial score (nSPS) is 10.6. The van der Waals surface area contributed by atoms with Crippen molar-refractivity contribution in [3.8, 4) is 0 Å². The first kappa shape index (κ1) is 17.0. The number of amides is 2. The van der Waals surface area contributed by atoms with Gasteiger partial charge in [0.2, 0.25) is 11.8 Å². The Morgan fingerprint density at radius 2 is 1.88 bits per heavy atom. The lowest BCUT2D eigenvalue weighted by molar-refractivity contribution is -0.132. The van der Waals surface area contributed by atoms with E-state index in [1.807, 2.05) is 18.2 Å². The first-order valence-electron chi connectivity index (χ1n) is 7.66.